The fraction of sp³-hybridized carbons (Fsp3) is 0.296. The molecule has 0 saturated carbocycles. The van der Waals surface area contributed by atoms with Crippen molar-refractivity contribution in [3.8, 4) is 11.5 Å². The van der Waals surface area contributed by atoms with Gasteiger partial charge in [0.25, 0.3) is 5.91 Å². The van der Waals surface area contributed by atoms with Crippen LogP contribution in [0, 0.1) is 0 Å². The average Bonchev–Trinajstić information content (AvgIpc) is 2.81. The number of nitrogens with one attached hydrogen (secondary N) is 2. The Bertz CT molecular complexity index is 1070. The van der Waals surface area contributed by atoms with E-state index in [1.807, 2.05) is 12.1 Å². The molecule has 3 aromatic carbocycles. The van der Waals surface area contributed by atoms with E-state index in [1.54, 1.807) is 0 Å². The van der Waals surface area contributed by atoms with Crippen molar-refractivity contribution in [2.45, 2.75) is 37.8 Å². The number of phenolic OH excluding ortho intramolecular Hbond substituents is 1. The van der Waals surface area contributed by atoms with Crippen LogP contribution in [0.5, 0.6) is 11.5 Å². The first-order chi connectivity index (χ1) is 15.8. The van der Waals surface area contributed by atoms with Crippen LogP contribution in [0.4, 0.5) is 5.69 Å². The van der Waals surface area contributed by atoms with Crippen molar-refractivity contribution < 1.29 is 19.7 Å². The SMILES string of the molecule is CC(C)(CC(c1ccccc1)c1ccccc1)NCC(O)c1cc(O)cc2c1OCC(=O)N2.Cl. The van der Waals surface area contributed by atoms with E-state index in [2.05, 4.69) is 73.0 Å². The van der Waals surface area contributed by atoms with E-state index in [4.69, 9.17) is 4.74 Å². The number of β-amino-alcohol motifs (C(OH)–C–C–N with tert-alkyl or cyclic N) is 1. The zero-order chi connectivity index (χ0) is 23.4. The second-order valence-electron chi connectivity index (χ2n) is 9.11. The monoisotopic (exact) mass is 482 g/mol. The number of carbonyl (C=O) groups excluding carboxylic acids is 1. The summed E-state index contributed by atoms with van der Waals surface area (Å²) in [6.45, 7) is 4.38. The van der Waals surface area contributed by atoms with Crippen LogP contribution in [0.15, 0.2) is 72.8 Å². The van der Waals surface area contributed by atoms with Gasteiger partial charge in [0.1, 0.15) is 11.5 Å². The van der Waals surface area contributed by atoms with Gasteiger partial charge in [-0.25, -0.2) is 0 Å². The number of rotatable bonds is 8. The van der Waals surface area contributed by atoms with E-state index in [0.717, 1.165) is 6.42 Å². The maximum Gasteiger partial charge on any atom is 0.262 e. The Hall–Kier alpha value is -3.06. The minimum atomic E-state index is -0.924. The summed E-state index contributed by atoms with van der Waals surface area (Å²) in [5, 5.41) is 27.2. The Morgan fingerprint density at radius 2 is 1.62 bits per heavy atom. The summed E-state index contributed by atoms with van der Waals surface area (Å²) in [5.41, 5.74) is 2.99. The van der Waals surface area contributed by atoms with Crippen molar-refractivity contribution in [2.75, 3.05) is 18.5 Å². The normalized spacial score (nSPS) is 13.9. The number of hydrogen-bond acceptors (Lipinski definition) is 5. The molecule has 4 rings (SSSR count). The zero-order valence-electron chi connectivity index (χ0n) is 19.3. The summed E-state index contributed by atoms with van der Waals surface area (Å²) in [7, 11) is 0. The Labute approximate surface area is 206 Å². The number of anilines is 1. The molecule has 0 radical (unpaired) electrons. The highest BCUT2D eigenvalue weighted by molar-refractivity contribution is 5.96. The summed E-state index contributed by atoms with van der Waals surface area (Å²) in [6.07, 6.45) is -0.106. The highest BCUT2D eigenvalue weighted by atomic mass is 35.5. The minimum absolute atomic E-state index is 0. The highest BCUT2D eigenvalue weighted by Crippen LogP contribution is 2.39. The van der Waals surface area contributed by atoms with Gasteiger partial charge >= 0.3 is 0 Å². The van der Waals surface area contributed by atoms with E-state index in [0.29, 0.717) is 17.0 Å². The molecule has 0 aromatic heterocycles. The molecular weight excluding hydrogens is 452 g/mol. The second-order valence-corrected chi connectivity index (χ2v) is 9.11. The standard InChI is InChI=1S/C27H30N2O4.ClH/c1-27(2,15-22(18-9-5-3-6-10-18)19-11-7-4-8-12-19)28-16-24(31)21-13-20(30)14-23-26(21)33-17-25(32)29-23;/h3-14,22,24,28,30-31H,15-17H2,1-2H3,(H,29,32);1H. The number of aromatic hydroxyl groups is 1. The second kappa shape index (κ2) is 10.9. The van der Waals surface area contributed by atoms with Crippen LogP contribution in [0.3, 0.4) is 0 Å². The highest BCUT2D eigenvalue weighted by Gasteiger charge is 2.28. The quantitative estimate of drug-likeness (QED) is 0.371. The van der Waals surface area contributed by atoms with Crippen LogP contribution in [-0.4, -0.2) is 34.8 Å². The first kappa shape index (κ1) is 25.6. The van der Waals surface area contributed by atoms with Gasteiger partial charge in [-0.05, 0) is 37.5 Å². The largest absolute Gasteiger partial charge is 0.508 e. The third-order valence-electron chi connectivity index (χ3n) is 5.98. The number of phenols is 1. The molecule has 7 heteroatoms. The molecule has 0 aliphatic carbocycles. The van der Waals surface area contributed by atoms with Gasteiger partial charge in [-0.2, -0.15) is 0 Å². The number of aliphatic hydroxyl groups is 1. The molecule has 0 bridgehead atoms. The molecule has 1 atom stereocenters. The van der Waals surface area contributed by atoms with Crippen molar-refractivity contribution in [3.05, 3.63) is 89.5 Å². The maximum atomic E-state index is 11.6. The fourth-order valence-corrected chi connectivity index (χ4v) is 4.33. The molecule has 1 aliphatic rings. The van der Waals surface area contributed by atoms with Gasteiger partial charge in [0.05, 0.1) is 11.8 Å². The Morgan fingerprint density at radius 3 is 2.21 bits per heavy atom. The summed E-state index contributed by atoms with van der Waals surface area (Å²) in [4.78, 5) is 11.6. The third-order valence-corrected chi connectivity index (χ3v) is 5.98. The first-order valence-electron chi connectivity index (χ1n) is 11.1. The summed E-state index contributed by atoms with van der Waals surface area (Å²) in [6, 6.07) is 23.7. The van der Waals surface area contributed by atoms with Crippen LogP contribution in [0.1, 0.15) is 49.0 Å². The van der Waals surface area contributed by atoms with Gasteiger partial charge in [-0.15, -0.1) is 12.4 Å². The number of benzene rings is 3. The van der Waals surface area contributed by atoms with Crippen LogP contribution >= 0.6 is 12.4 Å². The molecule has 1 aliphatic heterocycles. The molecule has 0 fully saturated rings. The van der Waals surface area contributed by atoms with E-state index in [9.17, 15) is 15.0 Å². The molecule has 180 valence electrons. The first-order valence-corrected chi connectivity index (χ1v) is 11.1. The summed E-state index contributed by atoms with van der Waals surface area (Å²) in [5.74, 6) is 0.256. The number of amides is 1. The van der Waals surface area contributed by atoms with Crippen molar-refractivity contribution in [3.63, 3.8) is 0 Å². The Balaban J connectivity index is 0.00000324. The summed E-state index contributed by atoms with van der Waals surface area (Å²) >= 11 is 0. The van der Waals surface area contributed by atoms with Gasteiger partial charge in [0, 0.05) is 29.6 Å². The van der Waals surface area contributed by atoms with E-state index >= 15 is 0 Å². The van der Waals surface area contributed by atoms with Crippen LogP contribution < -0.4 is 15.4 Å². The van der Waals surface area contributed by atoms with Crippen molar-refractivity contribution >= 4 is 24.0 Å². The predicted molar refractivity (Wildman–Crippen MR) is 136 cm³/mol. The molecular formula is C27H31ClN2O4. The number of carbonyl (C=O) groups is 1. The lowest BCUT2D eigenvalue weighted by Gasteiger charge is -2.33. The third kappa shape index (κ3) is 6.08. The van der Waals surface area contributed by atoms with Crippen molar-refractivity contribution in [2.24, 2.45) is 0 Å². The van der Waals surface area contributed by atoms with E-state index in [-0.39, 0.29) is 48.7 Å². The fourth-order valence-electron chi connectivity index (χ4n) is 4.33. The van der Waals surface area contributed by atoms with E-state index in [1.165, 1.54) is 23.3 Å². The van der Waals surface area contributed by atoms with Crippen molar-refractivity contribution in [1.29, 1.82) is 0 Å². The molecule has 34 heavy (non-hydrogen) atoms. The predicted octanol–water partition coefficient (Wildman–Crippen LogP) is 4.77. The van der Waals surface area contributed by atoms with Crippen LogP contribution in [0.25, 0.3) is 0 Å². The lowest BCUT2D eigenvalue weighted by Crippen LogP contribution is -2.43. The maximum absolute atomic E-state index is 11.6. The molecule has 0 spiro atoms. The van der Waals surface area contributed by atoms with Gasteiger partial charge < -0.3 is 25.6 Å². The minimum Gasteiger partial charge on any atom is -0.508 e. The topological polar surface area (TPSA) is 90.8 Å². The van der Waals surface area contributed by atoms with Gasteiger partial charge in [-0.1, -0.05) is 60.7 Å². The average molecular weight is 483 g/mol. The number of aliphatic hydroxyl groups excluding tert-OH is 1. The molecule has 1 unspecified atom stereocenters. The molecule has 1 amide bonds. The van der Waals surface area contributed by atoms with Gasteiger partial charge in [-0.3, -0.25) is 4.79 Å². The van der Waals surface area contributed by atoms with Crippen molar-refractivity contribution in [1.82, 2.24) is 5.32 Å². The number of hydrogen-bond donors (Lipinski definition) is 4. The van der Waals surface area contributed by atoms with Gasteiger partial charge in [0.15, 0.2) is 6.61 Å². The molecule has 0 saturated heterocycles. The number of ether oxygens (including phenoxy) is 1. The van der Waals surface area contributed by atoms with Crippen LogP contribution in [0.2, 0.25) is 0 Å². The zero-order valence-corrected chi connectivity index (χ0v) is 20.1. The molecule has 6 nitrogen and oxygen atoms in total. The summed E-state index contributed by atoms with van der Waals surface area (Å²) < 4.78 is 5.54. The number of halogens is 1. The van der Waals surface area contributed by atoms with Crippen LogP contribution in [-0.2, 0) is 4.79 Å². The number of fused-ring (bicyclic) bond motifs is 1. The smallest absolute Gasteiger partial charge is 0.262 e. The molecule has 3 aromatic rings. The van der Waals surface area contributed by atoms with Gasteiger partial charge in [0.2, 0.25) is 0 Å². The van der Waals surface area contributed by atoms with E-state index < -0.39 is 6.10 Å². The lowest BCUT2D eigenvalue weighted by molar-refractivity contribution is -0.118. The molecule has 4 N–H and O–H groups in total. The Kier molecular flexibility index (Phi) is 8.20. The lowest BCUT2D eigenvalue weighted by atomic mass is 9.81. The molecule has 1 heterocycles. The Morgan fingerprint density at radius 1 is 1.03 bits per heavy atom.